The van der Waals surface area contributed by atoms with Gasteiger partial charge in [-0.25, -0.2) is 10.8 Å². The monoisotopic (exact) mass is 295 g/mol. The zero-order chi connectivity index (χ0) is 14.4. The van der Waals surface area contributed by atoms with Gasteiger partial charge >= 0.3 is 6.01 Å². The van der Waals surface area contributed by atoms with Gasteiger partial charge < -0.3 is 10.1 Å². The molecule has 2 aromatic heterocycles. The zero-order valence-electron chi connectivity index (χ0n) is 11.4. The number of hydrogen-bond acceptors (Lipinski definition) is 9. The largest absolute Gasteiger partial charge is 0.464 e. The smallest absolute Gasteiger partial charge is 0.323 e. The first-order valence-electron chi connectivity index (χ1n) is 6.28. The molecule has 20 heavy (non-hydrogen) atoms. The molecule has 0 saturated carbocycles. The Balaban J connectivity index is 2.05. The summed E-state index contributed by atoms with van der Waals surface area (Å²) >= 11 is 1.66. The van der Waals surface area contributed by atoms with Gasteiger partial charge in [0.25, 0.3) is 0 Å². The lowest BCUT2D eigenvalue weighted by Gasteiger charge is -2.07. The van der Waals surface area contributed by atoms with Crippen molar-refractivity contribution in [2.45, 2.75) is 26.8 Å². The van der Waals surface area contributed by atoms with Gasteiger partial charge in [0.1, 0.15) is 5.01 Å². The summed E-state index contributed by atoms with van der Waals surface area (Å²) in [5.74, 6) is 5.96. The highest BCUT2D eigenvalue weighted by atomic mass is 32.1. The van der Waals surface area contributed by atoms with Crippen LogP contribution < -0.4 is 21.3 Å². The number of nitrogens with two attached hydrogens (primary N) is 1. The summed E-state index contributed by atoms with van der Waals surface area (Å²) in [6.45, 7) is 4.97. The van der Waals surface area contributed by atoms with Crippen LogP contribution in [0.2, 0.25) is 0 Å². The summed E-state index contributed by atoms with van der Waals surface area (Å²) in [4.78, 5) is 17.8. The van der Waals surface area contributed by atoms with Crippen LogP contribution in [0.15, 0.2) is 6.20 Å². The van der Waals surface area contributed by atoms with Crippen molar-refractivity contribution in [3.63, 3.8) is 0 Å². The highest BCUT2D eigenvalue weighted by Gasteiger charge is 2.07. The number of thiazole rings is 1. The first-order chi connectivity index (χ1) is 9.75. The lowest BCUT2D eigenvalue weighted by Crippen LogP contribution is -2.14. The molecule has 2 aromatic rings. The molecule has 0 aliphatic carbocycles. The molecule has 2 heterocycles. The fourth-order valence-electron chi connectivity index (χ4n) is 1.44. The van der Waals surface area contributed by atoms with E-state index in [0.717, 1.165) is 11.4 Å². The topological polar surface area (TPSA) is 111 Å². The van der Waals surface area contributed by atoms with Crippen LogP contribution in [0.25, 0.3) is 0 Å². The number of aryl methyl sites for hydroxylation is 1. The van der Waals surface area contributed by atoms with Crippen LogP contribution >= 0.6 is 11.3 Å². The van der Waals surface area contributed by atoms with E-state index in [1.165, 1.54) is 4.88 Å². The summed E-state index contributed by atoms with van der Waals surface area (Å²) in [6, 6.07) is 0.228. The van der Waals surface area contributed by atoms with Crippen molar-refractivity contribution in [2.24, 2.45) is 5.84 Å². The predicted molar refractivity (Wildman–Crippen MR) is 77.6 cm³/mol. The molecule has 0 aliphatic heterocycles. The minimum absolute atomic E-state index is 0.228. The molecule has 0 aromatic carbocycles. The van der Waals surface area contributed by atoms with Crippen LogP contribution in [0.1, 0.15) is 23.7 Å². The van der Waals surface area contributed by atoms with Crippen LogP contribution in [-0.2, 0) is 13.0 Å². The average Bonchev–Trinajstić information content (AvgIpc) is 2.93. The molecule has 8 nitrogen and oxygen atoms in total. The van der Waals surface area contributed by atoms with Gasteiger partial charge in [0.15, 0.2) is 0 Å². The quantitative estimate of drug-likeness (QED) is 0.516. The molecule has 0 bridgehead atoms. The third-order valence-electron chi connectivity index (χ3n) is 2.37. The van der Waals surface area contributed by atoms with E-state index >= 15 is 0 Å². The number of hydrogen-bond donors (Lipinski definition) is 3. The normalized spacial score (nSPS) is 10.3. The molecule has 0 spiro atoms. The van der Waals surface area contributed by atoms with Crippen LogP contribution in [0.3, 0.4) is 0 Å². The Morgan fingerprint density at radius 2 is 2.05 bits per heavy atom. The van der Waals surface area contributed by atoms with E-state index in [-0.39, 0.29) is 12.0 Å². The van der Waals surface area contributed by atoms with Crippen molar-refractivity contribution in [2.75, 3.05) is 17.3 Å². The molecule has 0 radical (unpaired) electrons. The van der Waals surface area contributed by atoms with E-state index in [9.17, 15) is 0 Å². The first-order valence-corrected chi connectivity index (χ1v) is 7.09. The number of nitrogen functional groups attached to an aromatic ring is 1. The van der Waals surface area contributed by atoms with E-state index < -0.39 is 0 Å². The maximum Gasteiger partial charge on any atom is 0.323 e. The van der Waals surface area contributed by atoms with Crippen molar-refractivity contribution in [3.8, 4) is 6.01 Å². The van der Waals surface area contributed by atoms with Crippen LogP contribution in [0.4, 0.5) is 11.9 Å². The van der Waals surface area contributed by atoms with Gasteiger partial charge in [-0.15, -0.1) is 11.3 Å². The molecule has 0 saturated heterocycles. The summed E-state index contributed by atoms with van der Waals surface area (Å²) in [5.41, 5.74) is 2.38. The van der Waals surface area contributed by atoms with Crippen LogP contribution in [0.5, 0.6) is 6.01 Å². The van der Waals surface area contributed by atoms with E-state index in [4.69, 9.17) is 10.6 Å². The Kier molecular flexibility index (Phi) is 5.02. The Bertz CT molecular complexity index is 559. The Morgan fingerprint density at radius 1 is 1.25 bits per heavy atom. The van der Waals surface area contributed by atoms with Gasteiger partial charge in [0, 0.05) is 11.1 Å². The maximum absolute atomic E-state index is 5.32. The second-order valence-electron chi connectivity index (χ2n) is 3.77. The third-order valence-corrected chi connectivity index (χ3v) is 3.51. The van der Waals surface area contributed by atoms with Crippen LogP contribution in [-0.4, -0.2) is 26.5 Å². The van der Waals surface area contributed by atoms with Crippen LogP contribution in [0, 0.1) is 0 Å². The first kappa shape index (κ1) is 14.4. The van der Waals surface area contributed by atoms with Crippen molar-refractivity contribution >= 4 is 23.2 Å². The number of aromatic nitrogens is 4. The van der Waals surface area contributed by atoms with E-state index in [2.05, 4.69) is 37.6 Å². The molecule has 0 unspecified atom stereocenters. The number of rotatable bonds is 7. The summed E-state index contributed by atoms with van der Waals surface area (Å²) < 4.78 is 5.25. The molecular weight excluding hydrogens is 278 g/mol. The predicted octanol–water partition coefficient (Wildman–Crippen LogP) is 1.19. The zero-order valence-corrected chi connectivity index (χ0v) is 12.2. The molecule has 2 rings (SSSR count). The highest BCUT2D eigenvalue weighted by molar-refractivity contribution is 7.11. The minimum Gasteiger partial charge on any atom is -0.464 e. The maximum atomic E-state index is 5.32. The summed E-state index contributed by atoms with van der Waals surface area (Å²) in [5, 5.41) is 4.06. The fraction of sp³-hybridized carbons (Fsp3) is 0.455. The van der Waals surface area contributed by atoms with Crippen molar-refractivity contribution < 1.29 is 4.74 Å². The molecule has 108 valence electrons. The molecule has 0 atom stereocenters. The Labute approximate surface area is 120 Å². The van der Waals surface area contributed by atoms with Gasteiger partial charge in [-0.05, 0) is 13.3 Å². The van der Waals surface area contributed by atoms with E-state index in [1.807, 2.05) is 13.1 Å². The lowest BCUT2D eigenvalue weighted by molar-refractivity contribution is 0.312. The second kappa shape index (κ2) is 6.96. The molecule has 0 amide bonds. The molecule has 0 aliphatic rings. The highest BCUT2D eigenvalue weighted by Crippen LogP contribution is 2.15. The van der Waals surface area contributed by atoms with Crippen molar-refractivity contribution in [3.05, 3.63) is 16.1 Å². The third kappa shape index (κ3) is 3.75. The number of anilines is 2. The standard InChI is InChI=1S/C11H17N7OS/c1-3-7-5-13-8(20-7)6-14-9-15-10(18-12)17-11(16-9)19-4-2/h5H,3-4,6,12H2,1-2H3,(H2,14,15,16,17,18). The van der Waals surface area contributed by atoms with Crippen molar-refractivity contribution in [1.82, 2.24) is 19.9 Å². The second-order valence-corrected chi connectivity index (χ2v) is 4.97. The number of hydrazine groups is 1. The van der Waals surface area contributed by atoms with Crippen molar-refractivity contribution in [1.29, 1.82) is 0 Å². The molecule has 0 fully saturated rings. The minimum atomic E-state index is 0.228. The molecule has 4 N–H and O–H groups in total. The number of nitrogens with one attached hydrogen (secondary N) is 2. The van der Waals surface area contributed by atoms with E-state index in [0.29, 0.717) is 19.1 Å². The van der Waals surface area contributed by atoms with Gasteiger partial charge in [-0.3, -0.25) is 5.43 Å². The molecular formula is C11H17N7OS. The summed E-state index contributed by atoms with van der Waals surface area (Å²) in [7, 11) is 0. The van der Waals surface area contributed by atoms with Gasteiger partial charge in [-0.1, -0.05) is 6.92 Å². The Morgan fingerprint density at radius 3 is 2.70 bits per heavy atom. The fourth-order valence-corrected chi connectivity index (χ4v) is 2.24. The average molecular weight is 295 g/mol. The van der Waals surface area contributed by atoms with E-state index in [1.54, 1.807) is 11.3 Å². The lowest BCUT2D eigenvalue weighted by atomic mass is 10.4. The SMILES string of the molecule is CCOc1nc(NN)nc(NCc2ncc(CC)s2)n1. The number of nitrogens with zero attached hydrogens (tertiary/aromatic N) is 4. The van der Waals surface area contributed by atoms with Gasteiger partial charge in [0.05, 0.1) is 13.2 Å². The molecule has 9 heteroatoms. The Hall–Kier alpha value is -2.00. The van der Waals surface area contributed by atoms with Gasteiger partial charge in [-0.2, -0.15) is 15.0 Å². The summed E-state index contributed by atoms with van der Waals surface area (Å²) in [6.07, 6.45) is 2.87. The van der Waals surface area contributed by atoms with Gasteiger partial charge in [0.2, 0.25) is 11.9 Å². The number of ether oxygens (including phenoxy) is 1.